The summed E-state index contributed by atoms with van der Waals surface area (Å²) >= 11 is 7.46. The molecule has 3 nitrogen and oxygen atoms in total. The normalized spacial score (nSPS) is 18.0. The molecule has 56 valence electrons. The van der Waals surface area contributed by atoms with Crippen LogP contribution in [0.3, 0.4) is 0 Å². The quantitative estimate of drug-likeness (QED) is 0.276. The molecule has 0 fully saturated rings. The first-order chi connectivity index (χ1) is 4.09. The van der Waals surface area contributed by atoms with Crippen molar-refractivity contribution in [3.8, 4) is 0 Å². The van der Waals surface area contributed by atoms with Crippen molar-refractivity contribution in [1.82, 2.24) is 0 Å². The van der Waals surface area contributed by atoms with E-state index in [9.17, 15) is 0 Å². The molecule has 0 aromatic heterocycles. The zero-order chi connectivity index (χ0) is 7.44. The third-order valence-corrected chi connectivity index (χ3v) is 1.50. The number of aliphatic hydroxyl groups excluding tert-OH is 3. The Morgan fingerprint density at radius 1 is 1.22 bits per heavy atom. The van der Waals surface area contributed by atoms with Gasteiger partial charge in [-0.15, -0.1) is 0 Å². The molecule has 0 spiro atoms. The molecular formula is C4H10O3S2. The van der Waals surface area contributed by atoms with Crippen molar-refractivity contribution in [1.29, 1.82) is 0 Å². The van der Waals surface area contributed by atoms with E-state index in [1.54, 1.807) is 0 Å². The van der Waals surface area contributed by atoms with Gasteiger partial charge in [-0.1, -0.05) is 0 Å². The summed E-state index contributed by atoms with van der Waals surface area (Å²) in [7, 11) is 0. The van der Waals surface area contributed by atoms with Crippen LogP contribution in [0.1, 0.15) is 0 Å². The smallest absolute Gasteiger partial charge is 0.105 e. The van der Waals surface area contributed by atoms with Gasteiger partial charge in [0.1, 0.15) is 12.2 Å². The van der Waals surface area contributed by atoms with E-state index in [1.165, 1.54) is 0 Å². The molecular weight excluding hydrogens is 160 g/mol. The molecule has 5 heteroatoms. The highest BCUT2D eigenvalue weighted by Crippen LogP contribution is 2.09. The zero-order valence-corrected chi connectivity index (χ0v) is 6.46. The van der Waals surface area contributed by atoms with Gasteiger partial charge < -0.3 is 15.3 Å². The van der Waals surface area contributed by atoms with Gasteiger partial charge in [0.2, 0.25) is 0 Å². The van der Waals surface area contributed by atoms with E-state index < -0.39 is 23.4 Å². The number of hydrogen-bond donors (Lipinski definition) is 5. The van der Waals surface area contributed by atoms with Crippen LogP contribution in [0.25, 0.3) is 0 Å². The van der Waals surface area contributed by atoms with Gasteiger partial charge in [0.25, 0.3) is 0 Å². The van der Waals surface area contributed by atoms with Crippen LogP contribution in [0.4, 0.5) is 0 Å². The van der Waals surface area contributed by atoms with Gasteiger partial charge in [-0.05, 0) is 0 Å². The molecule has 0 aromatic rings. The summed E-state index contributed by atoms with van der Waals surface area (Å²) in [5, 5.41) is 25.8. The standard InChI is InChI=1S/C4H10O3S2/c5-1-2(6)3(7)4(8)9/h2-9H,1H2/t2-,3+/m0/s1. The van der Waals surface area contributed by atoms with Gasteiger partial charge in [0, 0.05) is 0 Å². The monoisotopic (exact) mass is 170 g/mol. The van der Waals surface area contributed by atoms with E-state index >= 15 is 0 Å². The first kappa shape index (κ1) is 9.58. The van der Waals surface area contributed by atoms with Gasteiger partial charge in [0.15, 0.2) is 0 Å². The van der Waals surface area contributed by atoms with Crippen LogP contribution in [0, 0.1) is 0 Å². The number of thiol groups is 2. The SMILES string of the molecule is OC[C@H](O)[C@@H](O)C(S)S. The van der Waals surface area contributed by atoms with E-state index in [1.807, 2.05) is 0 Å². The maximum absolute atomic E-state index is 8.83. The highest BCUT2D eigenvalue weighted by Gasteiger charge is 2.19. The minimum absolute atomic E-state index is 0.473. The van der Waals surface area contributed by atoms with E-state index in [0.29, 0.717) is 0 Å². The second kappa shape index (κ2) is 4.40. The molecule has 0 aliphatic heterocycles. The maximum Gasteiger partial charge on any atom is 0.105 e. The van der Waals surface area contributed by atoms with Crippen molar-refractivity contribution in [2.45, 2.75) is 16.8 Å². The van der Waals surface area contributed by atoms with E-state index in [0.717, 1.165) is 0 Å². The van der Waals surface area contributed by atoms with Crippen molar-refractivity contribution in [2.75, 3.05) is 6.61 Å². The fraction of sp³-hybridized carbons (Fsp3) is 1.00. The molecule has 0 radical (unpaired) electrons. The number of hydrogen-bond acceptors (Lipinski definition) is 5. The van der Waals surface area contributed by atoms with Crippen LogP contribution in [-0.2, 0) is 0 Å². The maximum atomic E-state index is 8.83. The molecule has 0 unspecified atom stereocenters. The van der Waals surface area contributed by atoms with Crippen LogP contribution in [0.15, 0.2) is 0 Å². The zero-order valence-electron chi connectivity index (χ0n) is 4.68. The lowest BCUT2D eigenvalue weighted by atomic mass is 10.2. The first-order valence-electron chi connectivity index (χ1n) is 2.42. The topological polar surface area (TPSA) is 60.7 Å². The summed E-state index contributed by atoms with van der Waals surface area (Å²) in [5.41, 5.74) is 0. The Hall–Kier alpha value is 0.580. The van der Waals surface area contributed by atoms with Crippen LogP contribution in [0.2, 0.25) is 0 Å². The fourth-order valence-corrected chi connectivity index (χ4v) is 0.704. The highest BCUT2D eigenvalue weighted by molar-refractivity contribution is 7.99. The summed E-state index contributed by atoms with van der Waals surface area (Å²) in [6.45, 7) is -0.473. The summed E-state index contributed by atoms with van der Waals surface area (Å²) in [5.74, 6) is 0. The van der Waals surface area contributed by atoms with Crippen molar-refractivity contribution < 1.29 is 15.3 Å². The minimum atomic E-state index is -1.15. The Kier molecular flexibility index (Phi) is 4.69. The Morgan fingerprint density at radius 3 is 1.78 bits per heavy atom. The largest absolute Gasteiger partial charge is 0.394 e. The third-order valence-electron chi connectivity index (χ3n) is 0.887. The van der Waals surface area contributed by atoms with E-state index in [2.05, 4.69) is 25.3 Å². The summed E-state index contributed by atoms with van der Waals surface area (Å²) in [6, 6.07) is 0. The second-order valence-corrected chi connectivity index (χ2v) is 3.17. The molecule has 0 saturated carbocycles. The third kappa shape index (κ3) is 3.32. The molecule has 0 rings (SSSR count). The fourth-order valence-electron chi connectivity index (χ4n) is 0.307. The molecule has 9 heavy (non-hydrogen) atoms. The second-order valence-electron chi connectivity index (χ2n) is 1.65. The molecule has 3 N–H and O–H groups in total. The molecule has 0 aliphatic carbocycles. The molecule has 0 aromatic carbocycles. The Morgan fingerprint density at radius 2 is 1.67 bits per heavy atom. The number of aliphatic hydroxyl groups is 3. The number of rotatable bonds is 3. The molecule has 0 saturated heterocycles. The lowest BCUT2D eigenvalue weighted by Gasteiger charge is -2.16. The lowest BCUT2D eigenvalue weighted by Crippen LogP contribution is -2.34. The van der Waals surface area contributed by atoms with Crippen molar-refractivity contribution in [2.24, 2.45) is 0 Å². The van der Waals surface area contributed by atoms with Gasteiger partial charge in [0.05, 0.1) is 11.2 Å². The minimum Gasteiger partial charge on any atom is -0.394 e. The van der Waals surface area contributed by atoms with Crippen LogP contribution < -0.4 is 0 Å². The van der Waals surface area contributed by atoms with Crippen LogP contribution in [-0.4, -0.2) is 38.7 Å². The van der Waals surface area contributed by atoms with Gasteiger partial charge in [-0.2, -0.15) is 25.3 Å². The average molecular weight is 170 g/mol. The summed E-state index contributed by atoms with van der Waals surface area (Å²) in [4.78, 5) is 0. The van der Waals surface area contributed by atoms with Crippen molar-refractivity contribution in [3.05, 3.63) is 0 Å². The summed E-state index contributed by atoms with van der Waals surface area (Å²) in [6.07, 6.45) is -2.23. The predicted molar refractivity (Wildman–Crippen MR) is 40.9 cm³/mol. The molecule has 0 aliphatic rings. The van der Waals surface area contributed by atoms with Crippen LogP contribution >= 0.6 is 25.3 Å². The Balaban J connectivity index is 3.58. The van der Waals surface area contributed by atoms with Crippen LogP contribution in [0.5, 0.6) is 0 Å². The van der Waals surface area contributed by atoms with Crippen molar-refractivity contribution in [3.63, 3.8) is 0 Å². The lowest BCUT2D eigenvalue weighted by molar-refractivity contribution is -0.00506. The molecule has 0 heterocycles. The van der Waals surface area contributed by atoms with Gasteiger partial charge in [-0.25, -0.2) is 0 Å². The van der Waals surface area contributed by atoms with E-state index in [-0.39, 0.29) is 0 Å². The summed E-state index contributed by atoms with van der Waals surface area (Å²) < 4.78 is -0.618. The van der Waals surface area contributed by atoms with E-state index in [4.69, 9.17) is 15.3 Å². The molecule has 2 atom stereocenters. The highest BCUT2D eigenvalue weighted by atomic mass is 32.2. The molecule has 0 bridgehead atoms. The predicted octanol–water partition coefficient (Wildman–Crippen LogP) is -1.11. The Labute approximate surface area is 64.5 Å². The first-order valence-corrected chi connectivity index (χ1v) is 3.46. The van der Waals surface area contributed by atoms with Gasteiger partial charge >= 0.3 is 0 Å². The average Bonchev–Trinajstić information content (AvgIpc) is 1.84. The molecule has 0 amide bonds. The van der Waals surface area contributed by atoms with Gasteiger partial charge in [-0.3, -0.25) is 0 Å². The Bertz CT molecular complexity index is 78.2. The van der Waals surface area contributed by atoms with Crippen molar-refractivity contribution >= 4 is 25.3 Å².